The molecule has 2 aromatic carbocycles. The molecule has 2 amide bonds. The number of methoxy groups -OCH3 is 1. The lowest BCUT2D eigenvalue weighted by atomic mass is 10.1. The number of amides is 2. The summed E-state index contributed by atoms with van der Waals surface area (Å²) in [5, 5.41) is 18.1. The van der Waals surface area contributed by atoms with Crippen LogP contribution in [0.15, 0.2) is 36.4 Å². The van der Waals surface area contributed by atoms with E-state index < -0.39 is 0 Å². The summed E-state index contributed by atoms with van der Waals surface area (Å²) in [6, 6.07) is 9.62. The van der Waals surface area contributed by atoms with E-state index in [2.05, 4.69) is 26.2 Å². The van der Waals surface area contributed by atoms with Gasteiger partial charge in [-0.25, -0.2) is 4.79 Å². The molecule has 146 valence electrons. The highest BCUT2D eigenvalue weighted by Crippen LogP contribution is 2.28. The second kappa shape index (κ2) is 8.45. The van der Waals surface area contributed by atoms with Gasteiger partial charge in [0.2, 0.25) is 0 Å². The van der Waals surface area contributed by atoms with E-state index in [-0.39, 0.29) is 12.1 Å². The van der Waals surface area contributed by atoms with Crippen LogP contribution in [-0.4, -0.2) is 33.3 Å². The second-order valence-corrected chi connectivity index (χ2v) is 6.85. The van der Waals surface area contributed by atoms with E-state index in [1.807, 2.05) is 6.92 Å². The molecule has 1 heterocycles. The number of hydrogen-bond acceptors (Lipinski definition) is 5. The van der Waals surface area contributed by atoms with Gasteiger partial charge in [-0.3, -0.25) is 0 Å². The van der Waals surface area contributed by atoms with Crippen LogP contribution in [-0.2, 0) is 0 Å². The Balaban J connectivity index is 1.76. The van der Waals surface area contributed by atoms with Crippen LogP contribution in [0.3, 0.4) is 0 Å². The third-order valence-corrected chi connectivity index (χ3v) is 4.63. The normalized spacial score (nSPS) is 11.8. The van der Waals surface area contributed by atoms with Crippen LogP contribution in [0.2, 0.25) is 10.0 Å². The van der Waals surface area contributed by atoms with Crippen molar-refractivity contribution in [3.05, 3.63) is 57.8 Å². The van der Waals surface area contributed by atoms with Crippen LogP contribution in [0.5, 0.6) is 5.75 Å². The molecule has 0 bridgehead atoms. The number of benzene rings is 2. The molecule has 3 aromatic rings. The van der Waals surface area contributed by atoms with E-state index in [1.165, 1.54) is 4.68 Å². The number of nitrogens with one attached hydrogen (secondary N) is 2. The average molecular weight is 421 g/mol. The van der Waals surface area contributed by atoms with Gasteiger partial charge in [0.1, 0.15) is 11.4 Å². The zero-order valence-corrected chi connectivity index (χ0v) is 16.9. The van der Waals surface area contributed by atoms with E-state index in [1.54, 1.807) is 50.4 Å². The van der Waals surface area contributed by atoms with Crippen molar-refractivity contribution >= 4 is 34.9 Å². The Morgan fingerprint density at radius 1 is 1.21 bits per heavy atom. The number of carbonyl (C=O) groups excluding carboxylic acids is 1. The van der Waals surface area contributed by atoms with Crippen LogP contribution >= 0.6 is 23.2 Å². The number of aromatic nitrogens is 4. The summed E-state index contributed by atoms with van der Waals surface area (Å²) in [4.78, 5) is 12.4. The van der Waals surface area contributed by atoms with Gasteiger partial charge in [-0.1, -0.05) is 29.3 Å². The van der Waals surface area contributed by atoms with E-state index in [0.29, 0.717) is 33.0 Å². The van der Waals surface area contributed by atoms with Gasteiger partial charge in [0, 0.05) is 15.7 Å². The van der Waals surface area contributed by atoms with Crippen molar-refractivity contribution < 1.29 is 9.53 Å². The number of tetrazole rings is 1. The Hall–Kier alpha value is -2.84. The minimum atomic E-state index is -0.386. The minimum Gasteiger partial charge on any atom is -0.494 e. The van der Waals surface area contributed by atoms with Crippen molar-refractivity contribution in [1.29, 1.82) is 0 Å². The summed E-state index contributed by atoms with van der Waals surface area (Å²) in [5.41, 5.74) is 1.93. The van der Waals surface area contributed by atoms with E-state index in [9.17, 15) is 4.79 Å². The fourth-order valence-corrected chi connectivity index (χ4v) is 3.25. The third kappa shape index (κ3) is 4.35. The molecule has 0 aliphatic carbocycles. The molecule has 0 saturated carbocycles. The van der Waals surface area contributed by atoms with Crippen molar-refractivity contribution in [2.24, 2.45) is 0 Å². The lowest BCUT2D eigenvalue weighted by Crippen LogP contribution is -2.31. The topological polar surface area (TPSA) is 94.0 Å². The lowest BCUT2D eigenvalue weighted by Gasteiger charge is -2.17. The highest BCUT2D eigenvalue weighted by molar-refractivity contribution is 6.35. The number of ether oxygens (including phenoxy) is 1. The molecule has 0 saturated heterocycles. The molecule has 28 heavy (non-hydrogen) atoms. The quantitative estimate of drug-likeness (QED) is 0.645. The second-order valence-electron chi connectivity index (χ2n) is 6.01. The fraction of sp³-hybridized carbons (Fsp3) is 0.222. The Bertz CT molecular complexity index is 1010. The van der Waals surface area contributed by atoms with E-state index >= 15 is 0 Å². The predicted octanol–water partition coefficient (Wildman–Crippen LogP) is 4.17. The zero-order chi connectivity index (χ0) is 20.3. The largest absolute Gasteiger partial charge is 0.494 e. The number of aryl methyl sites for hydroxylation is 1. The van der Waals surface area contributed by atoms with Gasteiger partial charge in [0.15, 0.2) is 5.82 Å². The zero-order valence-electron chi connectivity index (χ0n) is 15.4. The Morgan fingerprint density at radius 3 is 2.64 bits per heavy atom. The smallest absolute Gasteiger partial charge is 0.319 e. The summed E-state index contributed by atoms with van der Waals surface area (Å²) in [6.07, 6.45) is 0. The van der Waals surface area contributed by atoms with Crippen LogP contribution in [0.25, 0.3) is 5.69 Å². The summed E-state index contributed by atoms with van der Waals surface area (Å²) in [7, 11) is 1.55. The van der Waals surface area contributed by atoms with Crippen LogP contribution in [0, 0.1) is 6.92 Å². The standard InChI is InChI=1S/C18H18Cl2N6O2/c1-10(14-6-4-12(19)8-15(14)20)21-18(27)22-13-5-7-17(28-3)16(9-13)26-11(2)23-24-25-26/h4-10H,1-3H3,(H2,21,22,27). The first-order valence-corrected chi connectivity index (χ1v) is 9.10. The molecular weight excluding hydrogens is 403 g/mol. The monoisotopic (exact) mass is 420 g/mol. The van der Waals surface area contributed by atoms with Gasteiger partial charge in [0.05, 0.1) is 13.2 Å². The van der Waals surface area contributed by atoms with Gasteiger partial charge < -0.3 is 15.4 Å². The van der Waals surface area contributed by atoms with Crippen molar-refractivity contribution in [2.45, 2.75) is 19.9 Å². The summed E-state index contributed by atoms with van der Waals surface area (Å²) in [5.74, 6) is 1.16. The number of halogens is 2. The number of rotatable bonds is 5. The van der Waals surface area contributed by atoms with Crippen molar-refractivity contribution in [2.75, 3.05) is 12.4 Å². The fourth-order valence-electron chi connectivity index (χ4n) is 2.68. The highest BCUT2D eigenvalue weighted by Gasteiger charge is 2.15. The molecule has 0 aliphatic heterocycles. The lowest BCUT2D eigenvalue weighted by molar-refractivity contribution is 0.249. The van der Waals surface area contributed by atoms with E-state index in [0.717, 1.165) is 5.56 Å². The number of anilines is 1. The van der Waals surface area contributed by atoms with Gasteiger partial charge in [-0.2, -0.15) is 4.68 Å². The molecule has 8 nitrogen and oxygen atoms in total. The molecule has 0 fully saturated rings. The molecule has 0 radical (unpaired) electrons. The molecule has 1 atom stereocenters. The summed E-state index contributed by atoms with van der Waals surface area (Å²) >= 11 is 12.1. The van der Waals surface area contributed by atoms with Gasteiger partial charge in [0.25, 0.3) is 0 Å². The van der Waals surface area contributed by atoms with E-state index in [4.69, 9.17) is 27.9 Å². The van der Waals surface area contributed by atoms with Crippen LogP contribution in [0.1, 0.15) is 24.4 Å². The highest BCUT2D eigenvalue weighted by atomic mass is 35.5. The Labute approximate surface area is 171 Å². The van der Waals surface area contributed by atoms with Gasteiger partial charge in [-0.05, 0) is 60.2 Å². The number of hydrogen-bond donors (Lipinski definition) is 2. The summed E-state index contributed by atoms with van der Waals surface area (Å²) < 4.78 is 6.88. The molecular formula is C18H18Cl2N6O2. The molecule has 3 rings (SSSR count). The molecule has 2 N–H and O–H groups in total. The number of nitrogens with zero attached hydrogens (tertiary/aromatic N) is 4. The van der Waals surface area contributed by atoms with Crippen molar-refractivity contribution in [1.82, 2.24) is 25.5 Å². The third-order valence-electron chi connectivity index (χ3n) is 4.07. The molecule has 0 spiro atoms. The van der Waals surface area contributed by atoms with Crippen molar-refractivity contribution in [3.63, 3.8) is 0 Å². The molecule has 1 unspecified atom stereocenters. The van der Waals surface area contributed by atoms with Crippen molar-refractivity contribution in [3.8, 4) is 11.4 Å². The van der Waals surface area contributed by atoms with Gasteiger partial charge in [-0.15, -0.1) is 5.10 Å². The molecule has 10 heteroatoms. The minimum absolute atomic E-state index is 0.316. The van der Waals surface area contributed by atoms with Gasteiger partial charge >= 0.3 is 6.03 Å². The number of carbonyl (C=O) groups is 1. The Morgan fingerprint density at radius 2 is 2.00 bits per heavy atom. The average Bonchev–Trinajstić information content (AvgIpc) is 3.07. The maximum atomic E-state index is 12.4. The SMILES string of the molecule is COc1ccc(NC(=O)NC(C)c2ccc(Cl)cc2Cl)cc1-n1nnnc1C. The summed E-state index contributed by atoms with van der Waals surface area (Å²) in [6.45, 7) is 3.60. The van der Waals surface area contributed by atoms with Crippen LogP contribution in [0.4, 0.5) is 10.5 Å². The number of urea groups is 1. The first kappa shape index (κ1) is 19.9. The molecule has 0 aliphatic rings. The molecule has 1 aromatic heterocycles. The Kier molecular flexibility index (Phi) is 6.01. The first-order chi connectivity index (χ1) is 13.4. The maximum Gasteiger partial charge on any atom is 0.319 e. The predicted molar refractivity (Wildman–Crippen MR) is 107 cm³/mol. The first-order valence-electron chi connectivity index (χ1n) is 8.35. The maximum absolute atomic E-state index is 12.4. The van der Waals surface area contributed by atoms with Crippen LogP contribution < -0.4 is 15.4 Å².